The summed E-state index contributed by atoms with van der Waals surface area (Å²) in [4.78, 5) is 28.6. The van der Waals surface area contributed by atoms with Gasteiger partial charge in [0, 0.05) is 27.6 Å². The predicted octanol–water partition coefficient (Wildman–Crippen LogP) is 6.54. The van der Waals surface area contributed by atoms with E-state index in [4.69, 9.17) is 32.7 Å². The van der Waals surface area contributed by atoms with Crippen LogP contribution in [0.3, 0.4) is 0 Å². The molecule has 1 aromatic heterocycles. The summed E-state index contributed by atoms with van der Waals surface area (Å²) in [6, 6.07) is 18.6. The number of amides is 1. The molecule has 176 valence electrons. The Kier molecular flexibility index (Phi) is 6.19. The molecule has 4 aromatic rings. The third-order valence-corrected chi connectivity index (χ3v) is 6.29. The van der Waals surface area contributed by atoms with Crippen LogP contribution in [0.2, 0.25) is 10.0 Å². The topological polar surface area (TPSA) is 97.8 Å². The van der Waals surface area contributed by atoms with E-state index in [1.807, 2.05) is 12.1 Å². The van der Waals surface area contributed by atoms with E-state index < -0.39 is 11.9 Å². The van der Waals surface area contributed by atoms with Crippen LogP contribution in [0.4, 0.5) is 5.82 Å². The molecule has 0 saturated carbocycles. The zero-order chi connectivity index (χ0) is 24.5. The number of aliphatic carboxylic acids is 1. The van der Waals surface area contributed by atoms with Gasteiger partial charge >= 0.3 is 5.97 Å². The molecule has 2 N–H and O–H groups in total. The highest BCUT2D eigenvalue weighted by Crippen LogP contribution is 2.41. The van der Waals surface area contributed by atoms with Gasteiger partial charge in [-0.05, 0) is 61.0 Å². The van der Waals surface area contributed by atoms with Crippen molar-refractivity contribution in [3.63, 3.8) is 0 Å². The van der Waals surface area contributed by atoms with Gasteiger partial charge in [0.1, 0.15) is 23.1 Å². The van der Waals surface area contributed by atoms with Crippen LogP contribution in [0.25, 0.3) is 10.9 Å². The van der Waals surface area contributed by atoms with E-state index in [9.17, 15) is 14.7 Å². The molecule has 0 radical (unpaired) electrons. The van der Waals surface area contributed by atoms with Crippen molar-refractivity contribution in [1.29, 1.82) is 0 Å². The van der Waals surface area contributed by atoms with Crippen molar-refractivity contribution < 1.29 is 24.2 Å². The molecular weight excluding hydrogens is 491 g/mol. The molecule has 0 bridgehead atoms. The van der Waals surface area contributed by atoms with Crippen molar-refractivity contribution in [2.45, 2.75) is 12.3 Å². The Morgan fingerprint density at radius 2 is 1.83 bits per heavy atom. The van der Waals surface area contributed by atoms with Crippen LogP contribution in [0.15, 0.2) is 66.7 Å². The maximum absolute atomic E-state index is 12.7. The molecule has 1 amide bonds. The second kappa shape index (κ2) is 9.44. The summed E-state index contributed by atoms with van der Waals surface area (Å²) in [7, 11) is 0. The van der Waals surface area contributed by atoms with Gasteiger partial charge in [0.25, 0.3) is 5.91 Å². The van der Waals surface area contributed by atoms with Gasteiger partial charge in [0.05, 0.1) is 23.1 Å². The molecule has 1 aliphatic heterocycles. The number of ether oxygens (including phenoxy) is 2. The number of hydrogen-bond donors (Lipinski definition) is 2. The smallest absolute Gasteiger partial charge is 0.311 e. The van der Waals surface area contributed by atoms with Gasteiger partial charge in [0.2, 0.25) is 0 Å². The summed E-state index contributed by atoms with van der Waals surface area (Å²) in [5.41, 5.74) is 1.62. The molecular formula is C26H18Cl2N2O5. The number of nitrogens with one attached hydrogen (secondary N) is 1. The van der Waals surface area contributed by atoms with Crippen LogP contribution >= 0.6 is 23.2 Å². The fourth-order valence-electron chi connectivity index (χ4n) is 3.90. The number of halogens is 2. The van der Waals surface area contributed by atoms with Crippen LogP contribution in [0.5, 0.6) is 17.2 Å². The number of fused-ring (bicyclic) bond motifs is 2. The molecule has 7 nitrogen and oxygen atoms in total. The first-order chi connectivity index (χ1) is 16.9. The molecule has 35 heavy (non-hydrogen) atoms. The zero-order valence-corrected chi connectivity index (χ0v) is 19.6. The monoisotopic (exact) mass is 508 g/mol. The minimum atomic E-state index is -0.921. The summed E-state index contributed by atoms with van der Waals surface area (Å²) >= 11 is 12.5. The molecule has 1 atom stereocenters. The van der Waals surface area contributed by atoms with Crippen LogP contribution in [0, 0.1) is 0 Å². The fourth-order valence-corrected chi connectivity index (χ4v) is 4.34. The third-order valence-electron chi connectivity index (χ3n) is 5.67. The predicted molar refractivity (Wildman–Crippen MR) is 133 cm³/mol. The molecule has 1 aliphatic rings. The van der Waals surface area contributed by atoms with E-state index in [0.717, 1.165) is 5.39 Å². The molecule has 9 heteroatoms. The fraction of sp³-hybridized carbons (Fsp3) is 0.115. The average Bonchev–Trinajstić information content (AvgIpc) is 2.84. The minimum Gasteiger partial charge on any atom is -0.493 e. The Morgan fingerprint density at radius 1 is 1.03 bits per heavy atom. The molecule has 3 aromatic carbocycles. The number of aromatic nitrogens is 1. The quantitative estimate of drug-likeness (QED) is 0.317. The van der Waals surface area contributed by atoms with Gasteiger partial charge in [0.15, 0.2) is 0 Å². The lowest BCUT2D eigenvalue weighted by Gasteiger charge is -2.24. The van der Waals surface area contributed by atoms with E-state index >= 15 is 0 Å². The highest BCUT2D eigenvalue weighted by Gasteiger charge is 2.29. The number of nitrogens with zero attached hydrogens (tertiary/aromatic N) is 1. The van der Waals surface area contributed by atoms with E-state index in [1.54, 1.807) is 54.6 Å². The maximum atomic E-state index is 12.7. The minimum absolute atomic E-state index is 0.268. The van der Waals surface area contributed by atoms with E-state index in [1.165, 1.54) is 0 Å². The molecule has 0 aliphatic carbocycles. The van der Waals surface area contributed by atoms with Crippen LogP contribution in [-0.4, -0.2) is 28.6 Å². The number of anilines is 1. The van der Waals surface area contributed by atoms with Gasteiger partial charge in [-0.3, -0.25) is 9.59 Å². The van der Waals surface area contributed by atoms with Crippen molar-refractivity contribution >= 4 is 51.8 Å². The largest absolute Gasteiger partial charge is 0.493 e. The summed E-state index contributed by atoms with van der Waals surface area (Å²) in [5, 5.41) is 13.9. The number of carboxylic acid groups (broad SMARTS) is 1. The van der Waals surface area contributed by atoms with Gasteiger partial charge in [-0.2, -0.15) is 0 Å². The van der Waals surface area contributed by atoms with E-state index in [0.29, 0.717) is 57.8 Å². The van der Waals surface area contributed by atoms with Crippen LogP contribution in [0.1, 0.15) is 28.3 Å². The lowest BCUT2D eigenvalue weighted by molar-refractivity contribution is -0.139. The Labute approximate surface area is 210 Å². The lowest BCUT2D eigenvalue weighted by atomic mass is 9.93. The number of benzene rings is 3. The molecule has 0 saturated heterocycles. The zero-order valence-electron chi connectivity index (χ0n) is 18.1. The van der Waals surface area contributed by atoms with Gasteiger partial charge in [-0.15, -0.1) is 0 Å². The Hall–Kier alpha value is -3.81. The molecule has 0 spiro atoms. The van der Waals surface area contributed by atoms with Crippen molar-refractivity contribution in [2.24, 2.45) is 0 Å². The Morgan fingerprint density at radius 3 is 2.60 bits per heavy atom. The van der Waals surface area contributed by atoms with Gasteiger partial charge in [-0.1, -0.05) is 29.3 Å². The van der Waals surface area contributed by atoms with Crippen molar-refractivity contribution in [2.75, 3.05) is 11.9 Å². The first-order valence-electron chi connectivity index (χ1n) is 10.7. The van der Waals surface area contributed by atoms with Crippen LogP contribution < -0.4 is 14.8 Å². The number of rotatable bonds is 5. The second-order valence-corrected chi connectivity index (χ2v) is 8.75. The first kappa shape index (κ1) is 23.0. The summed E-state index contributed by atoms with van der Waals surface area (Å²) in [6.45, 7) is 0.300. The number of pyridine rings is 1. The van der Waals surface area contributed by atoms with Gasteiger partial charge in [-0.25, -0.2) is 4.98 Å². The molecule has 1 unspecified atom stereocenters. The average molecular weight is 509 g/mol. The highest BCUT2D eigenvalue weighted by atomic mass is 35.5. The number of hydrogen-bond acceptors (Lipinski definition) is 5. The molecule has 5 rings (SSSR count). The SMILES string of the molecule is O=C(Nc1ccc2c(Cl)cccc2n1)c1ccc(Oc2cc3c(cc2Cl)C(C(=O)O)CCO3)cc1. The third kappa shape index (κ3) is 4.73. The Balaban J connectivity index is 1.30. The van der Waals surface area contributed by atoms with Crippen LogP contribution in [-0.2, 0) is 4.79 Å². The lowest BCUT2D eigenvalue weighted by Crippen LogP contribution is -2.20. The maximum Gasteiger partial charge on any atom is 0.311 e. The van der Waals surface area contributed by atoms with Crippen molar-refractivity contribution in [1.82, 2.24) is 4.98 Å². The normalized spacial score (nSPS) is 14.6. The second-order valence-electron chi connectivity index (χ2n) is 7.93. The summed E-state index contributed by atoms with van der Waals surface area (Å²) in [5.74, 6) is -0.299. The van der Waals surface area contributed by atoms with Gasteiger partial charge < -0.3 is 19.9 Å². The first-order valence-corrected chi connectivity index (χ1v) is 11.5. The van der Waals surface area contributed by atoms with Crippen molar-refractivity contribution in [3.8, 4) is 17.2 Å². The van der Waals surface area contributed by atoms with Crippen molar-refractivity contribution in [3.05, 3.63) is 87.9 Å². The Bertz CT molecular complexity index is 1460. The van der Waals surface area contributed by atoms with E-state index in [-0.39, 0.29) is 10.9 Å². The number of carbonyl (C=O) groups is 2. The number of carbonyl (C=O) groups excluding carboxylic acids is 1. The highest BCUT2D eigenvalue weighted by molar-refractivity contribution is 6.35. The summed E-state index contributed by atoms with van der Waals surface area (Å²) < 4.78 is 11.5. The van der Waals surface area contributed by atoms with E-state index in [2.05, 4.69) is 10.3 Å². The molecule has 0 fully saturated rings. The molecule has 2 heterocycles. The summed E-state index contributed by atoms with van der Waals surface area (Å²) in [6.07, 6.45) is 0.380. The standard InChI is InChI=1S/C26H18Cl2N2O5/c27-19-2-1-3-21-17(19)8-9-24(29-21)30-25(31)14-4-6-15(7-5-14)35-23-13-22-18(12-20(23)28)16(26(32)33)10-11-34-22/h1-9,12-13,16H,10-11H2,(H,32,33)(H,29,30,31). The number of carboxylic acids is 1.